The van der Waals surface area contributed by atoms with Crippen molar-refractivity contribution >= 4 is 0 Å². The molecule has 0 aromatic heterocycles. The molecule has 0 radical (unpaired) electrons. The number of hydrogen-bond acceptors (Lipinski definition) is 2. The average molecular weight is 136 g/mol. The summed E-state index contributed by atoms with van der Waals surface area (Å²) in [6, 6.07) is 0. The lowest BCUT2D eigenvalue weighted by atomic mass is 10.5. The van der Waals surface area contributed by atoms with Gasteiger partial charge in [-0.15, -0.1) is 0 Å². The van der Waals surface area contributed by atoms with Gasteiger partial charge in [0.05, 0.1) is 0 Å². The quantitative estimate of drug-likeness (QED) is 0.531. The van der Waals surface area contributed by atoms with Gasteiger partial charge < -0.3 is 14.9 Å². The molecule has 0 fully saturated rings. The van der Waals surface area contributed by atoms with Crippen molar-refractivity contribution in [2.75, 3.05) is 13.7 Å². The summed E-state index contributed by atoms with van der Waals surface area (Å²) in [6.07, 6.45) is 0.921. The Morgan fingerprint density at radius 3 is 2.00 bits per heavy atom. The first-order valence-electron chi connectivity index (χ1n) is 2.99. The topological polar surface area (TPSA) is 50.0 Å². The molecule has 3 heteroatoms. The normalized spacial score (nSPS) is 12.3. The summed E-state index contributed by atoms with van der Waals surface area (Å²) in [4.78, 5) is 0. The van der Waals surface area contributed by atoms with Gasteiger partial charge in [-0.2, -0.15) is 0 Å². The fraction of sp³-hybridized carbons (Fsp3) is 1.00. The van der Waals surface area contributed by atoms with Gasteiger partial charge in [0.25, 0.3) is 0 Å². The van der Waals surface area contributed by atoms with Gasteiger partial charge in [-0.25, -0.2) is 0 Å². The minimum absolute atomic E-state index is 0. The van der Waals surface area contributed by atoms with E-state index in [1.807, 2.05) is 13.8 Å². The molecule has 1 atom stereocenters. The van der Waals surface area contributed by atoms with E-state index in [0.29, 0.717) is 0 Å². The molecule has 0 bridgehead atoms. The third kappa shape index (κ3) is 5.76. The van der Waals surface area contributed by atoms with Crippen LogP contribution in [0.2, 0.25) is 0 Å². The molecule has 0 spiro atoms. The Bertz CT molecular complexity index is 43.6. The maximum Gasteiger partial charge on any atom is 0.156 e. The standard InChI is InChI=1S/C6H14O2.H2O/c1-4-6(7-3)8-5-2;/h6H,4-5H2,1-3H3;1H2. The second kappa shape index (κ2) is 7.88. The molecule has 0 aliphatic carbocycles. The van der Waals surface area contributed by atoms with E-state index in [2.05, 4.69) is 0 Å². The Morgan fingerprint density at radius 1 is 1.33 bits per heavy atom. The van der Waals surface area contributed by atoms with Crippen molar-refractivity contribution in [1.82, 2.24) is 0 Å². The maximum absolute atomic E-state index is 5.12. The van der Waals surface area contributed by atoms with Crippen molar-refractivity contribution < 1.29 is 14.9 Å². The average Bonchev–Trinajstić information content (AvgIpc) is 1.83. The fourth-order valence-corrected chi connectivity index (χ4v) is 0.538. The molecule has 0 aliphatic rings. The first-order chi connectivity index (χ1) is 3.85. The lowest BCUT2D eigenvalue weighted by molar-refractivity contribution is -0.120. The summed E-state index contributed by atoms with van der Waals surface area (Å²) in [5.41, 5.74) is 0. The summed E-state index contributed by atoms with van der Waals surface area (Å²) in [5.74, 6) is 0. The van der Waals surface area contributed by atoms with Crippen LogP contribution in [-0.2, 0) is 9.47 Å². The van der Waals surface area contributed by atoms with Crippen LogP contribution in [0.5, 0.6) is 0 Å². The van der Waals surface area contributed by atoms with Gasteiger partial charge >= 0.3 is 0 Å². The third-order valence-corrected chi connectivity index (χ3v) is 0.949. The highest BCUT2D eigenvalue weighted by Gasteiger charge is 1.99. The highest BCUT2D eigenvalue weighted by Crippen LogP contribution is 1.96. The van der Waals surface area contributed by atoms with E-state index in [4.69, 9.17) is 9.47 Å². The zero-order valence-corrected chi connectivity index (χ0v) is 6.31. The number of rotatable bonds is 4. The number of hydrogen-bond donors (Lipinski definition) is 0. The Hall–Kier alpha value is -0.120. The largest absolute Gasteiger partial charge is 0.412 e. The first kappa shape index (κ1) is 11.6. The monoisotopic (exact) mass is 136 g/mol. The zero-order chi connectivity index (χ0) is 6.41. The van der Waals surface area contributed by atoms with Crippen LogP contribution in [-0.4, -0.2) is 25.5 Å². The Balaban J connectivity index is 0. The van der Waals surface area contributed by atoms with Crippen molar-refractivity contribution in [1.29, 1.82) is 0 Å². The molecule has 9 heavy (non-hydrogen) atoms. The molecule has 0 heterocycles. The number of methoxy groups -OCH3 is 1. The van der Waals surface area contributed by atoms with Crippen LogP contribution in [0.25, 0.3) is 0 Å². The van der Waals surface area contributed by atoms with Crippen molar-refractivity contribution in [3.05, 3.63) is 0 Å². The minimum Gasteiger partial charge on any atom is -0.412 e. The molecule has 0 amide bonds. The van der Waals surface area contributed by atoms with Gasteiger partial charge in [-0.1, -0.05) is 6.92 Å². The molecule has 58 valence electrons. The Kier molecular flexibility index (Phi) is 10.2. The summed E-state index contributed by atoms with van der Waals surface area (Å²) >= 11 is 0. The van der Waals surface area contributed by atoms with Gasteiger partial charge in [0, 0.05) is 13.7 Å². The van der Waals surface area contributed by atoms with Gasteiger partial charge in [0.1, 0.15) is 0 Å². The van der Waals surface area contributed by atoms with E-state index in [1.54, 1.807) is 7.11 Å². The fourth-order valence-electron chi connectivity index (χ4n) is 0.538. The van der Waals surface area contributed by atoms with Crippen LogP contribution in [0.4, 0.5) is 0 Å². The third-order valence-electron chi connectivity index (χ3n) is 0.949. The van der Waals surface area contributed by atoms with Crippen LogP contribution in [0.15, 0.2) is 0 Å². The van der Waals surface area contributed by atoms with E-state index in [9.17, 15) is 0 Å². The van der Waals surface area contributed by atoms with Crippen molar-refractivity contribution in [3.63, 3.8) is 0 Å². The van der Waals surface area contributed by atoms with E-state index in [-0.39, 0.29) is 11.8 Å². The van der Waals surface area contributed by atoms with E-state index >= 15 is 0 Å². The maximum atomic E-state index is 5.12. The lowest BCUT2D eigenvalue weighted by Crippen LogP contribution is -2.12. The highest BCUT2D eigenvalue weighted by atomic mass is 16.7. The summed E-state index contributed by atoms with van der Waals surface area (Å²) in [5, 5.41) is 0. The molecule has 0 aromatic rings. The van der Waals surface area contributed by atoms with Crippen molar-refractivity contribution in [3.8, 4) is 0 Å². The second-order valence-electron chi connectivity index (χ2n) is 1.53. The zero-order valence-electron chi connectivity index (χ0n) is 6.31. The second-order valence-corrected chi connectivity index (χ2v) is 1.53. The van der Waals surface area contributed by atoms with Gasteiger partial charge in [-0.3, -0.25) is 0 Å². The van der Waals surface area contributed by atoms with Crippen molar-refractivity contribution in [2.45, 2.75) is 26.6 Å². The molecular weight excluding hydrogens is 120 g/mol. The lowest BCUT2D eigenvalue weighted by Gasteiger charge is -2.11. The van der Waals surface area contributed by atoms with Gasteiger partial charge in [-0.05, 0) is 13.3 Å². The predicted octanol–water partition coefficient (Wildman–Crippen LogP) is 0.581. The molecule has 0 rings (SSSR count). The molecule has 0 saturated carbocycles. The van der Waals surface area contributed by atoms with Crippen LogP contribution < -0.4 is 0 Å². The van der Waals surface area contributed by atoms with Crippen LogP contribution >= 0.6 is 0 Å². The first-order valence-corrected chi connectivity index (χ1v) is 2.99. The smallest absolute Gasteiger partial charge is 0.156 e. The molecule has 0 saturated heterocycles. The SMILES string of the molecule is CCOC(CC)OC.O. The van der Waals surface area contributed by atoms with E-state index < -0.39 is 0 Å². The number of ether oxygens (including phenoxy) is 2. The summed E-state index contributed by atoms with van der Waals surface area (Å²) in [6.45, 7) is 4.72. The van der Waals surface area contributed by atoms with Crippen molar-refractivity contribution in [2.24, 2.45) is 0 Å². The molecule has 1 unspecified atom stereocenters. The van der Waals surface area contributed by atoms with Gasteiger partial charge in [0.2, 0.25) is 0 Å². The van der Waals surface area contributed by atoms with E-state index in [0.717, 1.165) is 13.0 Å². The predicted molar refractivity (Wildman–Crippen MR) is 36.3 cm³/mol. The van der Waals surface area contributed by atoms with Crippen LogP contribution in [0, 0.1) is 0 Å². The minimum atomic E-state index is -0.000000000000000444. The van der Waals surface area contributed by atoms with Gasteiger partial charge in [0.15, 0.2) is 6.29 Å². The molecule has 3 nitrogen and oxygen atoms in total. The van der Waals surface area contributed by atoms with Crippen LogP contribution in [0.3, 0.4) is 0 Å². The Morgan fingerprint density at radius 2 is 1.89 bits per heavy atom. The molecular formula is C6H16O3. The summed E-state index contributed by atoms with van der Waals surface area (Å²) < 4.78 is 10.0. The Labute approximate surface area is 56.3 Å². The molecule has 0 aromatic carbocycles. The van der Waals surface area contributed by atoms with Crippen LogP contribution in [0.1, 0.15) is 20.3 Å². The summed E-state index contributed by atoms with van der Waals surface area (Å²) in [7, 11) is 1.66. The van der Waals surface area contributed by atoms with E-state index in [1.165, 1.54) is 0 Å². The molecule has 2 N–H and O–H groups in total. The highest BCUT2D eigenvalue weighted by molar-refractivity contribution is 4.34. The molecule has 0 aliphatic heterocycles.